The van der Waals surface area contributed by atoms with Crippen LogP contribution in [-0.4, -0.2) is 5.91 Å². The van der Waals surface area contributed by atoms with Crippen LogP contribution in [0, 0.1) is 0 Å². The van der Waals surface area contributed by atoms with Crippen LogP contribution in [0.3, 0.4) is 0 Å². The van der Waals surface area contributed by atoms with Crippen molar-refractivity contribution in [2.75, 3.05) is 5.73 Å². The Morgan fingerprint density at radius 1 is 1.18 bits per heavy atom. The van der Waals surface area contributed by atoms with Crippen molar-refractivity contribution in [1.29, 1.82) is 0 Å². The maximum atomic E-state index is 12.2. The number of para-hydroxylation sites is 1. The predicted molar refractivity (Wildman–Crippen MR) is 91.8 cm³/mol. The highest BCUT2D eigenvalue weighted by atomic mass is 35.5. The van der Waals surface area contributed by atoms with Crippen LogP contribution in [0.4, 0.5) is 5.69 Å². The molecule has 0 unspecified atom stereocenters. The number of anilines is 1. The molecule has 0 heterocycles. The van der Waals surface area contributed by atoms with Crippen LogP contribution in [0.2, 0.25) is 5.02 Å². The first kappa shape index (κ1) is 16.4. The molecule has 0 atom stereocenters. The van der Waals surface area contributed by atoms with Gasteiger partial charge in [-0.05, 0) is 49.6 Å². The number of nitrogens with two attached hydrogens (primary N) is 1. The molecule has 4 heteroatoms. The zero-order valence-electron chi connectivity index (χ0n) is 12.9. The molecule has 2 aromatic rings. The molecule has 22 heavy (non-hydrogen) atoms. The molecule has 0 aliphatic rings. The molecule has 0 fully saturated rings. The number of aryl methyl sites for hydroxylation is 1. The number of hydrogen-bond donors (Lipinski definition) is 2. The Kier molecular flexibility index (Phi) is 5.09. The van der Waals surface area contributed by atoms with Gasteiger partial charge in [-0.25, -0.2) is 0 Å². The van der Waals surface area contributed by atoms with Gasteiger partial charge in [0.15, 0.2) is 0 Å². The van der Waals surface area contributed by atoms with Gasteiger partial charge in [-0.15, -0.1) is 0 Å². The molecule has 0 saturated carbocycles. The Bertz CT molecular complexity index is 668. The quantitative estimate of drug-likeness (QED) is 0.822. The number of nitrogens with one attached hydrogen (secondary N) is 1. The molecular formula is C18H21ClN2O. The highest BCUT2D eigenvalue weighted by Crippen LogP contribution is 2.23. The SMILES string of the molecule is CC(C)(NC(=O)CCc1ccccc1N)c1cccc(Cl)c1. The summed E-state index contributed by atoms with van der Waals surface area (Å²) in [6.07, 6.45) is 1.03. The number of hydrogen-bond acceptors (Lipinski definition) is 2. The lowest BCUT2D eigenvalue weighted by molar-refractivity contribution is -0.122. The molecular weight excluding hydrogens is 296 g/mol. The van der Waals surface area contributed by atoms with Crippen LogP contribution in [0.25, 0.3) is 0 Å². The summed E-state index contributed by atoms with van der Waals surface area (Å²) < 4.78 is 0. The van der Waals surface area contributed by atoms with Crippen LogP contribution in [0.1, 0.15) is 31.4 Å². The molecule has 0 aliphatic carbocycles. The third-order valence-corrected chi connectivity index (χ3v) is 3.91. The largest absolute Gasteiger partial charge is 0.399 e. The lowest BCUT2D eigenvalue weighted by atomic mass is 9.94. The molecule has 3 nitrogen and oxygen atoms in total. The van der Waals surface area contributed by atoms with Gasteiger partial charge in [0.1, 0.15) is 0 Å². The number of amides is 1. The van der Waals surface area contributed by atoms with E-state index in [9.17, 15) is 4.79 Å². The van der Waals surface area contributed by atoms with Crippen molar-refractivity contribution in [1.82, 2.24) is 5.32 Å². The summed E-state index contributed by atoms with van der Waals surface area (Å²) in [4.78, 5) is 12.2. The minimum Gasteiger partial charge on any atom is -0.399 e. The van der Waals surface area contributed by atoms with E-state index in [0.29, 0.717) is 17.9 Å². The number of rotatable bonds is 5. The van der Waals surface area contributed by atoms with Crippen LogP contribution in [0.5, 0.6) is 0 Å². The zero-order valence-corrected chi connectivity index (χ0v) is 13.7. The normalized spacial score (nSPS) is 11.2. The Balaban J connectivity index is 1.98. The Hall–Kier alpha value is -2.00. The molecule has 0 aromatic heterocycles. The summed E-state index contributed by atoms with van der Waals surface area (Å²) in [6, 6.07) is 15.2. The number of halogens is 1. The zero-order chi connectivity index (χ0) is 16.2. The van der Waals surface area contributed by atoms with Gasteiger partial charge in [0.2, 0.25) is 5.91 Å². The predicted octanol–water partition coefficient (Wildman–Crippen LogP) is 3.91. The summed E-state index contributed by atoms with van der Waals surface area (Å²) in [6.45, 7) is 3.93. The summed E-state index contributed by atoms with van der Waals surface area (Å²) in [5.41, 5.74) is 8.13. The van der Waals surface area contributed by atoms with Crippen LogP contribution < -0.4 is 11.1 Å². The van der Waals surface area contributed by atoms with Crippen molar-refractivity contribution >= 4 is 23.2 Å². The van der Waals surface area contributed by atoms with Gasteiger partial charge >= 0.3 is 0 Å². The maximum Gasteiger partial charge on any atom is 0.221 e. The van der Waals surface area contributed by atoms with Gasteiger partial charge in [0, 0.05) is 17.1 Å². The first-order valence-electron chi connectivity index (χ1n) is 7.29. The van der Waals surface area contributed by atoms with Crippen LogP contribution in [-0.2, 0) is 16.8 Å². The van der Waals surface area contributed by atoms with E-state index >= 15 is 0 Å². The first-order chi connectivity index (χ1) is 10.4. The number of carbonyl (C=O) groups excluding carboxylic acids is 1. The second kappa shape index (κ2) is 6.84. The van der Waals surface area contributed by atoms with Gasteiger partial charge in [0.05, 0.1) is 5.54 Å². The smallest absolute Gasteiger partial charge is 0.221 e. The molecule has 3 N–H and O–H groups in total. The van der Waals surface area contributed by atoms with Gasteiger partial charge in [0.25, 0.3) is 0 Å². The molecule has 1 amide bonds. The molecule has 0 saturated heterocycles. The first-order valence-corrected chi connectivity index (χ1v) is 7.67. The summed E-state index contributed by atoms with van der Waals surface area (Å²) in [5.74, 6) is -0.00627. The van der Waals surface area contributed by atoms with Gasteiger partial charge in [-0.2, -0.15) is 0 Å². The minimum absolute atomic E-state index is 0.00627. The minimum atomic E-state index is -0.468. The standard InChI is InChI=1S/C18H21ClN2O/c1-18(2,14-7-5-8-15(19)12-14)21-17(22)11-10-13-6-3-4-9-16(13)20/h3-9,12H,10-11,20H2,1-2H3,(H,21,22). The van der Waals surface area contributed by atoms with Crippen molar-refractivity contribution in [2.24, 2.45) is 0 Å². The molecule has 0 aliphatic heterocycles. The molecule has 2 rings (SSSR count). The van der Waals surface area contributed by atoms with E-state index in [4.69, 9.17) is 17.3 Å². The van der Waals surface area contributed by atoms with Gasteiger partial charge in [-0.3, -0.25) is 4.79 Å². The van der Waals surface area contributed by atoms with E-state index in [1.165, 1.54) is 0 Å². The van der Waals surface area contributed by atoms with E-state index in [2.05, 4.69) is 5.32 Å². The lowest BCUT2D eigenvalue weighted by Gasteiger charge is -2.27. The number of nitrogen functional groups attached to an aromatic ring is 1. The maximum absolute atomic E-state index is 12.2. The van der Waals surface area contributed by atoms with E-state index in [1.807, 2.05) is 62.4 Å². The molecule has 0 spiro atoms. The molecule has 2 aromatic carbocycles. The summed E-state index contributed by atoms with van der Waals surface area (Å²) in [7, 11) is 0. The highest BCUT2D eigenvalue weighted by molar-refractivity contribution is 6.30. The number of benzene rings is 2. The third-order valence-electron chi connectivity index (χ3n) is 3.67. The van der Waals surface area contributed by atoms with Crippen LogP contribution >= 0.6 is 11.6 Å². The Morgan fingerprint density at radius 2 is 1.91 bits per heavy atom. The van der Waals surface area contributed by atoms with E-state index in [1.54, 1.807) is 0 Å². The van der Waals surface area contributed by atoms with Crippen molar-refractivity contribution in [3.05, 3.63) is 64.7 Å². The fraction of sp³-hybridized carbons (Fsp3) is 0.278. The monoisotopic (exact) mass is 316 g/mol. The van der Waals surface area contributed by atoms with Crippen LogP contribution in [0.15, 0.2) is 48.5 Å². The van der Waals surface area contributed by atoms with Crippen molar-refractivity contribution in [3.8, 4) is 0 Å². The van der Waals surface area contributed by atoms with E-state index in [0.717, 1.165) is 16.8 Å². The average molecular weight is 317 g/mol. The highest BCUT2D eigenvalue weighted by Gasteiger charge is 2.22. The lowest BCUT2D eigenvalue weighted by Crippen LogP contribution is -2.41. The Morgan fingerprint density at radius 3 is 2.59 bits per heavy atom. The fourth-order valence-corrected chi connectivity index (χ4v) is 2.56. The van der Waals surface area contributed by atoms with E-state index in [-0.39, 0.29) is 5.91 Å². The number of carbonyl (C=O) groups is 1. The fourth-order valence-electron chi connectivity index (χ4n) is 2.37. The van der Waals surface area contributed by atoms with Gasteiger partial charge in [-0.1, -0.05) is 41.9 Å². The second-order valence-electron chi connectivity index (χ2n) is 5.88. The summed E-state index contributed by atoms with van der Waals surface area (Å²) in [5, 5.41) is 3.71. The molecule has 0 bridgehead atoms. The van der Waals surface area contributed by atoms with Crippen molar-refractivity contribution in [3.63, 3.8) is 0 Å². The van der Waals surface area contributed by atoms with Gasteiger partial charge < -0.3 is 11.1 Å². The topological polar surface area (TPSA) is 55.1 Å². The third kappa shape index (κ3) is 4.25. The summed E-state index contributed by atoms with van der Waals surface area (Å²) >= 11 is 6.02. The second-order valence-corrected chi connectivity index (χ2v) is 6.32. The van der Waals surface area contributed by atoms with Crippen molar-refractivity contribution < 1.29 is 4.79 Å². The Labute approximate surface area is 136 Å². The van der Waals surface area contributed by atoms with E-state index < -0.39 is 5.54 Å². The molecule has 0 radical (unpaired) electrons. The van der Waals surface area contributed by atoms with Crippen molar-refractivity contribution in [2.45, 2.75) is 32.2 Å². The average Bonchev–Trinajstić information content (AvgIpc) is 2.46. The molecule has 116 valence electrons.